The Labute approximate surface area is 87.6 Å². The lowest BCUT2D eigenvalue weighted by Crippen LogP contribution is -1.91. The van der Waals surface area contributed by atoms with E-state index in [1.807, 2.05) is 6.92 Å². The van der Waals surface area contributed by atoms with Gasteiger partial charge in [0, 0.05) is 5.56 Å². The second-order valence-electron chi connectivity index (χ2n) is 3.46. The van der Waals surface area contributed by atoms with E-state index in [0.29, 0.717) is 16.9 Å². The molecule has 0 saturated heterocycles. The third-order valence-corrected chi connectivity index (χ3v) is 2.18. The van der Waals surface area contributed by atoms with Gasteiger partial charge in [0.05, 0.1) is 17.6 Å². The summed E-state index contributed by atoms with van der Waals surface area (Å²) >= 11 is 0. The Kier molecular flexibility index (Phi) is 2.37. The molecule has 3 heteroatoms. The van der Waals surface area contributed by atoms with Crippen molar-refractivity contribution in [3.63, 3.8) is 0 Å². The fourth-order valence-electron chi connectivity index (χ4n) is 1.40. The number of anilines is 1. The van der Waals surface area contributed by atoms with Gasteiger partial charge in [0.25, 0.3) is 0 Å². The molecule has 76 valence electrons. The largest absolute Gasteiger partial charge is 0.397 e. The molecule has 0 atom stereocenters. The molecular formula is C12H11FN2. The lowest BCUT2D eigenvalue weighted by Gasteiger charge is -2.04. The average Bonchev–Trinajstić information content (AvgIpc) is 2.23. The summed E-state index contributed by atoms with van der Waals surface area (Å²) in [7, 11) is 0. The molecule has 2 N–H and O–H groups in total. The Morgan fingerprint density at radius 1 is 1.20 bits per heavy atom. The van der Waals surface area contributed by atoms with Gasteiger partial charge in [-0.1, -0.05) is 11.6 Å². The highest BCUT2D eigenvalue weighted by Crippen LogP contribution is 2.22. The van der Waals surface area contributed by atoms with E-state index >= 15 is 0 Å². The number of rotatable bonds is 1. The van der Waals surface area contributed by atoms with E-state index in [1.54, 1.807) is 24.3 Å². The minimum atomic E-state index is -0.266. The van der Waals surface area contributed by atoms with Gasteiger partial charge in [-0.2, -0.15) is 0 Å². The van der Waals surface area contributed by atoms with E-state index in [-0.39, 0.29) is 5.82 Å². The van der Waals surface area contributed by atoms with Gasteiger partial charge in [-0.25, -0.2) is 4.39 Å². The third-order valence-electron chi connectivity index (χ3n) is 2.18. The topological polar surface area (TPSA) is 38.9 Å². The summed E-state index contributed by atoms with van der Waals surface area (Å²) in [6, 6.07) is 8.38. The number of nitrogen functional groups attached to an aromatic ring is 1. The number of aromatic nitrogens is 1. The van der Waals surface area contributed by atoms with Crippen LogP contribution >= 0.6 is 0 Å². The van der Waals surface area contributed by atoms with Gasteiger partial charge in [-0.3, -0.25) is 4.98 Å². The molecule has 1 aromatic carbocycles. The fourth-order valence-corrected chi connectivity index (χ4v) is 1.40. The first-order valence-corrected chi connectivity index (χ1v) is 4.65. The van der Waals surface area contributed by atoms with Gasteiger partial charge < -0.3 is 5.73 Å². The van der Waals surface area contributed by atoms with Crippen LogP contribution < -0.4 is 5.73 Å². The number of nitrogens with zero attached hydrogens (tertiary/aromatic N) is 1. The second kappa shape index (κ2) is 3.69. The van der Waals surface area contributed by atoms with Gasteiger partial charge in [-0.05, 0) is 31.2 Å². The molecule has 0 amide bonds. The summed E-state index contributed by atoms with van der Waals surface area (Å²) in [6.07, 6.45) is 1.52. The van der Waals surface area contributed by atoms with Crippen molar-refractivity contribution in [3.8, 4) is 11.3 Å². The lowest BCUT2D eigenvalue weighted by atomic mass is 10.1. The molecule has 0 fully saturated rings. The zero-order valence-electron chi connectivity index (χ0n) is 8.37. The van der Waals surface area contributed by atoms with E-state index in [0.717, 1.165) is 5.56 Å². The molecule has 2 rings (SSSR count). The molecule has 0 saturated carbocycles. The summed E-state index contributed by atoms with van der Waals surface area (Å²) in [6.45, 7) is 1.92. The Hall–Kier alpha value is -1.90. The van der Waals surface area contributed by atoms with E-state index < -0.39 is 0 Å². The fraction of sp³-hybridized carbons (Fsp3) is 0.0833. The summed E-state index contributed by atoms with van der Waals surface area (Å²) < 4.78 is 13.5. The quantitative estimate of drug-likeness (QED) is 0.772. The molecule has 1 heterocycles. The SMILES string of the molecule is Cc1ccc(F)c(-c2ccc(N)cn2)c1. The number of hydrogen-bond donors (Lipinski definition) is 1. The third kappa shape index (κ3) is 1.96. The molecule has 2 nitrogen and oxygen atoms in total. The maximum atomic E-state index is 13.5. The molecule has 0 aliphatic rings. The minimum absolute atomic E-state index is 0.266. The first-order valence-electron chi connectivity index (χ1n) is 4.65. The van der Waals surface area contributed by atoms with Crippen molar-refractivity contribution in [1.29, 1.82) is 0 Å². The van der Waals surface area contributed by atoms with Gasteiger partial charge in [-0.15, -0.1) is 0 Å². The second-order valence-corrected chi connectivity index (χ2v) is 3.46. The maximum Gasteiger partial charge on any atom is 0.132 e. The number of hydrogen-bond acceptors (Lipinski definition) is 2. The smallest absolute Gasteiger partial charge is 0.132 e. The lowest BCUT2D eigenvalue weighted by molar-refractivity contribution is 0.630. The van der Waals surface area contributed by atoms with Crippen LogP contribution in [0.1, 0.15) is 5.56 Å². The number of benzene rings is 1. The summed E-state index contributed by atoms with van der Waals surface area (Å²) in [5.41, 5.74) is 8.21. The summed E-state index contributed by atoms with van der Waals surface area (Å²) in [4.78, 5) is 4.09. The molecule has 0 aliphatic carbocycles. The molecule has 0 spiro atoms. The molecule has 0 bridgehead atoms. The summed E-state index contributed by atoms with van der Waals surface area (Å²) in [5, 5.41) is 0. The van der Waals surface area contributed by atoms with Crippen molar-refractivity contribution in [2.45, 2.75) is 6.92 Å². The van der Waals surface area contributed by atoms with Crippen molar-refractivity contribution >= 4 is 5.69 Å². The maximum absolute atomic E-state index is 13.5. The number of aryl methyl sites for hydroxylation is 1. The van der Waals surface area contributed by atoms with Crippen molar-refractivity contribution in [2.75, 3.05) is 5.73 Å². The van der Waals surface area contributed by atoms with Gasteiger partial charge >= 0.3 is 0 Å². The molecule has 2 aromatic rings. The van der Waals surface area contributed by atoms with E-state index in [4.69, 9.17) is 5.73 Å². The highest BCUT2D eigenvalue weighted by molar-refractivity contribution is 5.62. The van der Waals surface area contributed by atoms with Gasteiger partial charge in [0.15, 0.2) is 0 Å². The average molecular weight is 202 g/mol. The van der Waals surface area contributed by atoms with Crippen LogP contribution in [0.2, 0.25) is 0 Å². The van der Waals surface area contributed by atoms with Crippen LogP contribution in [0.3, 0.4) is 0 Å². The van der Waals surface area contributed by atoms with Crippen LogP contribution in [0.4, 0.5) is 10.1 Å². The Bertz CT molecular complexity index is 477. The van der Waals surface area contributed by atoms with Crippen LogP contribution in [-0.2, 0) is 0 Å². The zero-order chi connectivity index (χ0) is 10.8. The zero-order valence-corrected chi connectivity index (χ0v) is 8.37. The van der Waals surface area contributed by atoms with E-state index in [9.17, 15) is 4.39 Å². The predicted octanol–water partition coefficient (Wildman–Crippen LogP) is 2.78. The van der Waals surface area contributed by atoms with Crippen molar-refractivity contribution < 1.29 is 4.39 Å². The van der Waals surface area contributed by atoms with Crippen LogP contribution in [0.5, 0.6) is 0 Å². The van der Waals surface area contributed by atoms with Crippen molar-refractivity contribution in [1.82, 2.24) is 4.98 Å². The highest BCUT2D eigenvalue weighted by Gasteiger charge is 2.05. The predicted molar refractivity (Wildman–Crippen MR) is 58.8 cm³/mol. The minimum Gasteiger partial charge on any atom is -0.397 e. The Morgan fingerprint density at radius 3 is 2.67 bits per heavy atom. The monoisotopic (exact) mass is 202 g/mol. The molecule has 0 radical (unpaired) electrons. The number of nitrogens with two attached hydrogens (primary N) is 1. The van der Waals surface area contributed by atoms with E-state index in [2.05, 4.69) is 4.98 Å². The number of halogens is 1. The summed E-state index contributed by atoms with van der Waals surface area (Å²) in [5.74, 6) is -0.266. The molecular weight excluding hydrogens is 191 g/mol. The molecule has 15 heavy (non-hydrogen) atoms. The molecule has 0 unspecified atom stereocenters. The number of pyridine rings is 1. The van der Waals surface area contributed by atoms with Gasteiger partial charge in [0.2, 0.25) is 0 Å². The van der Waals surface area contributed by atoms with Crippen LogP contribution in [-0.4, -0.2) is 4.98 Å². The Morgan fingerprint density at radius 2 is 2.00 bits per heavy atom. The van der Waals surface area contributed by atoms with Crippen molar-refractivity contribution in [3.05, 3.63) is 47.9 Å². The first kappa shape index (κ1) is 9.65. The normalized spacial score (nSPS) is 10.3. The first-order chi connectivity index (χ1) is 7.16. The Balaban J connectivity index is 2.53. The van der Waals surface area contributed by atoms with Crippen LogP contribution in [0, 0.1) is 12.7 Å². The van der Waals surface area contributed by atoms with Crippen LogP contribution in [0.25, 0.3) is 11.3 Å². The van der Waals surface area contributed by atoms with E-state index in [1.165, 1.54) is 12.3 Å². The molecule has 1 aromatic heterocycles. The molecule has 0 aliphatic heterocycles. The van der Waals surface area contributed by atoms with Gasteiger partial charge in [0.1, 0.15) is 5.82 Å². The highest BCUT2D eigenvalue weighted by atomic mass is 19.1. The van der Waals surface area contributed by atoms with Crippen LogP contribution in [0.15, 0.2) is 36.5 Å². The standard InChI is InChI=1S/C12H11FN2/c1-8-2-4-11(13)10(6-8)12-5-3-9(14)7-15-12/h2-7H,14H2,1H3. The van der Waals surface area contributed by atoms with Crippen molar-refractivity contribution in [2.24, 2.45) is 0 Å².